The third-order valence-corrected chi connectivity index (χ3v) is 5.00. The fourth-order valence-corrected chi connectivity index (χ4v) is 3.57. The van der Waals surface area contributed by atoms with Crippen molar-refractivity contribution in [2.45, 2.75) is 12.3 Å². The number of benzene rings is 2. The van der Waals surface area contributed by atoms with E-state index in [2.05, 4.69) is 15.5 Å². The molecule has 0 aliphatic heterocycles. The maximum atomic E-state index is 12.2. The molecule has 1 N–H and O–H groups in total. The smallest absolute Gasteiger partial charge is 0.243 e. The van der Waals surface area contributed by atoms with E-state index < -0.39 is 0 Å². The summed E-state index contributed by atoms with van der Waals surface area (Å²) in [5.74, 6) is 0.0693. The van der Waals surface area contributed by atoms with Gasteiger partial charge in [0.1, 0.15) is 0 Å². The summed E-state index contributed by atoms with van der Waals surface area (Å²) in [6.45, 7) is 0. The molecule has 26 heavy (non-hydrogen) atoms. The van der Waals surface area contributed by atoms with Crippen molar-refractivity contribution >= 4 is 46.2 Å². The highest BCUT2D eigenvalue weighted by atomic mass is 35.5. The van der Waals surface area contributed by atoms with Crippen LogP contribution in [0.2, 0.25) is 10.0 Å². The zero-order valence-corrected chi connectivity index (χ0v) is 15.2. The number of pyridine rings is 1. The number of nitrogens with one attached hydrogen (secondary N) is 1. The largest absolute Gasteiger partial charge is 0.273 e. The van der Waals surface area contributed by atoms with E-state index in [1.165, 1.54) is 0 Å². The second kappa shape index (κ2) is 7.06. The fraction of sp³-hybridized carbons (Fsp3) is 0.150. The highest BCUT2D eigenvalue weighted by molar-refractivity contribution is 6.35. The number of amides is 1. The van der Waals surface area contributed by atoms with Crippen molar-refractivity contribution in [3.63, 3.8) is 0 Å². The molecular formula is C20H15Cl2N3O. The first-order valence-corrected chi connectivity index (χ1v) is 9.00. The van der Waals surface area contributed by atoms with Gasteiger partial charge in [0.25, 0.3) is 0 Å². The van der Waals surface area contributed by atoms with Crippen LogP contribution in [0.1, 0.15) is 23.5 Å². The van der Waals surface area contributed by atoms with Crippen LogP contribution in [0.5, 0.6) is 0 Å². The Labute approximate surface area is 160 Å². The summed E-state index contributed by atoms with van der Waals surface area (Å²) in [5.41, 5.74) is 5.26. The highest BCUT2D eigenvalue weighted by Gasteiger charge is 2.43. The average molecular weight is 384 g/mol. The van der Waals surface area contributed by atoms with Crippen molar-refractivity contribution in [3.8, 4) is 0 Å². The van der Waals surface area contributed by atoms with Gasteiger partial charge >= 0.3 is 0 Å². The fourth-order valence-electron chi connectivity index (χ4n) is 3.09. The van der Waals surface area contributed by atoms with Gasteiger partial charge in [-0.1, -0.05) is 41.4 Å². The standard InChI is InChI=1S/C20H15Cl2N3O/c21-15-5-1-3-13(9-15)16-10-17(16)20(26)25-24-11-12-7-14-4-2-6-23-19(14)18(22)8-12/h1-9,11,16-17H,10H2,(H,25,26). The van der Waals surface area contributed by atoms with Crippen molar-refractivity contribution < 1.29 is 4.79 Å². The van der Waals surface area contributed by atoms with Gasteiger partial charge < -0.3 is 0 Å². The monoisotopic (exact) mass is 383 g/mol. The van der Waals surface area contributed by atoms with Gasteiger partial charge in [-0.3, -0.25) is 9.78 Å². The van der Waals surface area contributed by atoms with Crippen LogP contribution >= 0.6 is 23.2 Å². The Morgan fingerprint density at radius 2 is 2.08 bits per heavy atom. The number of carbonyl (C=O) groups is 1. The average Bonchev–Trinajstić information content (AvgIpc) is 3.43. The van der Waals surface area contributed by atoms with Crippen LogP contribution in [0.15, 0.2) is 59.8 Å². The normalized spacial score (nSPS) is 19.0. The maximum Gasteiger partial charge on any atom is 0.243 e. The van der Waals surface area contributed by atoms with Crippen LogP contribution in [0.4, 0.5) is 0 Å². The number of nitrogens with zero attached hydrogens (tertiary/aromatic N) is 2. The number of fused-ring (bicyclic) bond motifs is 1. The number of hydrogen-bond donors (Lipinski definition) is 1. The second-order valence-electron chi connectivity index (χ2n) is 6.32. The number of halogens is 2. The van der Waals surface area contributed by atoms with E-state index in [9.17, 15) is 4.79 Å². The first kappa shape index (κ1) is 17.0. The van der Waals surface area contributed by atoms with E-state index in [0.29, 0.717) is 10.0 Å². The molecule has 1 aliphatic carbocycles. The molecule has 1 saturated carbocycles. The SMILES string of the molecule is O=C(NN=Cc1cc(Cl)c2ncccc2c1)C1CC1c1cccc(Cl)c1. The van der Waals surface area contributed by atoms with Gasteiger partial charge in [-0.2, -0.15) is 5.10 Å². The Bertz CT molecular complexity index is 1020. The lowest BCUT2D eigenvalue weighted by molar-refractivity contribution is -0.122. The van der Waals surface area contributed by atoms with Crippen LogP contribution in [-0.2, 0) is 4.79 Å². The number of aromatic nitrogens is 1. The van der Waals surface area contributed by atoms with E-state index in [4.69, 9.17) is 23.2 Å². The molecule has 1 aromatic heterocycles. The summed E-state index contributed by atoms with van der Waals surface area (Å²) < 4.78 is 0. The highest BCUT2D eigenvalue weighted by Crippen LogP contribution is 2.47. The van der Waals surface area contributed by atoms with Gasteiger partial charge in [-0.25, -0.2) is 5.43 Å². The lowest BCUT2D eigenvalue weighted by atomic mass is 10.1. The number of hydrogen-bond acceptors (Lipinski definition) is 3. The molecular weight excluding hydrogens is 369 g/mol. The Morgan fingerprint density at radius 3 is 2.92 bits per heavy atom. The molecule has 0 radical (unpaired) electrons. The minimum Gasteiger partial charge on any atom is -0.273 e. The third kappa shape index (κ3) is 3.57. The van der Waals surface area contributed by atoms with Gasteiger partial charge in [-0.15, -0.1) is 0 Å². The van der Waals surface area contributed by atoms with Crippen molar-refractivity contribution in [1.29, 1.82) is 0 Å². The lowest BCUT2D eigenvalue weighted by Gasteiger charge is -2.02. The molecule has 0 bridgehead atoms. The molecule has 130 valence electrons. The second-order valence-corrected chi connectivity index (χ2v) is 7.16. The molecule has 1 fully saturated rings. The summed E-state index contributed by atoms with van der Waals surface area (Å²) in [6, 6.07) is 15.1. The molecule has 0 saturated heterocycles. The molecule has 3 aromatic rings. The summed E-state index contributed by atoms with van der Waals surface area (Å²) >= 11 is 12.3. The minimum absolute atomic E-state index is 0.0602. The van der Waals surface area contributed by atoms with Crippen LogP contribution in [0, 0.1) is 5.92 Å². The topological polar surface area (TPSA) is 54.4 Å². The molecule has 1 aliphatic rings. The predicted octanol–water partition coefficient (Wildman–Crippen LogP) is 4.80. The first-order chi connectivity index (χ1) is 12.6. The van der Waals surface area contributed by atoms with Crippen molar-refractivity contribution in [1.82, 2.24) is 10.4 Å². The van der Waals surface area contributed by atoms with Gasteiger partial charge in [-0.05, 0) is 53.8 Å². The molecule has 4 nitrogen and oxygen atoms in total. The van der Waals surface area contributed by atoms with Crippen LogP contribution in [-0.4, -0.2) is 17.1 Å². The molecule has 1 amide bonds. The van der Waals surface area contributed by atoms with Crippen molar-refractivity contribution in [3.05, 3.63) is 75.9 Å². The molecule has 1 heterocycles. The van der Waals surface area contributed by atoms with E-state index in [0.717, 1.165) is 28.5 Å². The summed E-state index contributed by atoms with van der Waals surface area (Å²) in [5, 5.41) is 6.24. The minimum atomic E-state index is -0.0835. The molecule has 2 unspecified atom stereocenters. The Kier molecular flexibility index (Phi) is 4.62. The Hall–Kier alpha value is -2.43. The van der Waals surface area contributed by atoms with Gasteiger partial charge in [0.15, 0.2) is 0 Å². The zero-order valence-electron chi connectivity index (χ0n) is 13.7. The number of hydrazone groups is 1. The van der Waals surface area contributed by atoms with E-state index in [-0.39, 0.29) is 17.7 Å². The van der Waals surface area contributed by atoms with E-state index in [1.54, 1.807) is 18.5 Å². The zero-order chi connectivity index (χ0) is 18.1. The van der Waals surface area contributed by atoms with E-state index >= 15 is 0 Å². The first-order valence-electron chi connectivity index (χ1n) is 8.24. The predicted molar refractivity (Wildman–Crippen MR) is 105 cm³/mol. The molecule has 4 rings (SSSR count). The van der Waals surface area contributed by atoms with Gasteiger partial charge in [0.05, 0.1) is 16.8 Å². The third-order valence-electron chi connectivity index (χ3n) is 4.47. The molecule has 2 atom stereocenters. The van der Waals surface area contributed by atoms with Crippen LogP contribution in [0.25, 0.3) is 10.9 Å². The van der Waals surface area contributed by atoms with Crippen LogP contribution in [0.3, 0.4) is 0 Å². The van der Waals surface area contributed by atoms with Crippen molar-refractivity contribution in [2.75, 3.05) is 0 Å². The summed E-state index contributed by atoms with van der Waals surface area (Å²) in [6.07, 6.45) is 4.11. The maximum absolute atomic E-state index is 12.2. The van der Waals surface area contributed by atoms with E-state index in [1.807, 2.05) is 42.5 Å². The number of carbonyl (C=O) groups excluding carboxylic acids is 1. The molecule has 0 spiro atoms. The van der Waals surface area contributed by atoms with Crippen molar-refractivity contribution in [2.24, 2.45) is 11.0 Å². The molecule has 6 heteroatoms. The quantitative estimate of drug-likeness (QED) is 0.519. The number of rotatable bonds is 4. The summed E-state index contributed by atoms with van der Waals surface area (Å²) in [7, 11) is 0. The Balaban J connectivity index is 1.41. The van der Waals surface area contributed by atoms with Gasteiger partial charge in [0, 0.05) is 22.5 Å². The van der Waals surface area contributed by atoms with Crippen LogP contribution < -0.4 is 5.43 Å². The molecule has 2 aromatic carbocycles. The summed E-state index contributed by atoms with van der Waals surface area (Å²) in [4.78, 5) is 16.5. The lowest BCUT2D eigenvalue weighted by Crippen LogP contribution is -2.20. The Morgan fingerprint density at radius 1 is 1.19 bits per heavy atom. The van der Waals surface area contributed by atoms with Gasteiger partial charge in [0.2, 0.25) is 5.91 Å².